The van der Waals surface area contributed by atoms with Crippen molar-refractivity contribution in [2.75, 3.05) is 6.61 Å². The van der Waals surface area contributed by atoms with E-state index in [4.69, 9.17) is 21.1 Å². The van der Waals surface area contributed by atoms with Crippen LogP contribution in [0.5, 0.6) is 0 Å². The molecule has 1 aliphatic rings. The maximum Gasteiger partial charge on any atom is 0.276 e. The molecule has 0 saturated carbocycles. The Balaban J connectivity index is 1.70. The Morgan fingerprint density at radius 3 is 2.59 bits per heavy atom. The highest BCUT2D eigenvalue weighted by Crippen LogP contribution is 2.26. The van der Waals surface area contributed by atoms with Crippen LogP contribution in [-0.4, -0.2) is 44.9 Å². The fourth-order valence-electron chi connectivity index (χ4n) is 3.24. The first kappa shape index (κ1) is 19.6. The Bertz CT molecular complexity index is 1100. The molecule has 3 atom stereocenters. The van der Waals surface area contributed by atoms with Gasteiger partial charge in [-0.15, -0.1) is 0 Å². The van der Waals surface area contributed by atoms with Crippen molar-refractivity contribution in [3.8, 4) is 11.3 Å². The van der Waals surface area contributed by atoms with Gasteiger partial charge in [0.1, 0.15) is 25.0 Å². The van der Waals surface area contributed by atoms with E-state index in [9.17, 15) is 15.0 Å². The molecule has 4 rings (SSSR count). The molecule has 0 fully saturated rings. The van der Waals surface area contributed by atoms with Crippen molar-refractivity contribution >= 4 is 22.4 Å². The van der Waals surface area contributed by atoms with Crippen molar-refractivity contribution in [1.82, 2.24) is 9.78 Å². The molecule has 3 aromatic rings. The van der Waals surface area contributed by atoms with Crippen LogP contribution in [0, 0.1) is 0 Å². The largest absolute Gasteiger partial charge is 0.493 e. The summed E-state index contributed by atoms with van der Waals surface area (Å²) in [5, 5.41) is 25.8. The van der Waals surface area contributed by atoms with Crippen molar-refractivity contribution in [3.05, 3.63) is 76.2 Å². The molecular formula is C21H19ClN2O5. The van der Waals surface area contributed by atoms with Crippen LogP contribution in [0.15, 0.2) is 65.7 Å². The summed E-state index contributed by atoms with van der Waals surface area (Å²) in [5.74, 6) is 0. The molecule has 0 amide bonds. The van der Waals surface area contributed by atoms with Gasteiger partial charge in [-0.25, -0.2) is 4.68 Å². The molecule has 1 aliphatic heterocycles. The highest BCUT2D eigenvalue weighted by molar-refractivity contribution is 6.30. The zero-order chi connectivity index (χ0) is 20.4. The summed E-state index contributed by atoms with van der Waals surface area (Å²) in [6, 6.07) is 14.4. The zero-order valence-corrected chi connectivity index (χ0v) is 16.1. The number of ether oxygens (including phenoxy) is 2. The third-order valence-electron chi connectivity index (χ3n) is 4.79. The van der Waals surface area contributed by atoms with Gasteiger partial charge in [0.15, 0.2) is 0 Å². The van der Waals surface area contributed by atoms with Gasteiger partial charge in [-0.05, 0) is 24.3 Å². The van der Waals surface area contributed by atoms with E-state index in [0.717, 1.165) is 10.9 Å². The number of hydrogen-bond acceptors (Lipinski definition) is 6. The highest BCUT2D eigenvalue weighted by atomic mass is 35.5. The van der Waals surface area contributed by atoms with Gasteiger partial charge in [-0.1, -0.05) is 41.9 Å². The SMILES string of the molecule is O=c1c2ccccc2c(-c2ccc(Cl)cc2)nn1CO[C@@H]1C=CO[C@H](CO)[C@@H]1O. The summed E-state index contributed by atoms with van der Waals surface area (Å²) in [6.07, 6.45) is 0.324. The van der Waals surface area contributed by atoms with Gasteiger partial charge in [0.25, 0.3) is 5.56 Å². The number of fused-ring (bicyclic) bond motifs is 1. The molecule has 0 radical (unpaired) electrons. The Morgan fingerprint density at radius 1 is 1.14 bits per heavy atom. The Morgan fingerprint density at radius 2 is 1.86 bits per heavy atom. The number of aromatic nitrogens is 2. The second-order valence-electron chi connectivity index (χ2n) is 6.64. The smallest absolute Gasteiger partial charge is 0.276 e. The average Bonchev–Trinajstić information content (AvgIpc) is 2.75. The van der Waals surface area contributed by atoms with E-state index in [1.807, 2.05) is 24.3 Å². The molecule has 29 heavy (non-hydrogen) atoms. The minimum atomic E-state index is -1.06. The molecule has 150 valence electrons. The molecule has 0 aliphatic carbocycles. The van der Waals surface area contributed by atoms with Gasteiger partial charge >= 0.3 is 0 Å². The number of nitrogens with zero attached hydrogens (tertiary/aromatic N) is 2. The van der Waals surface area contributed by atoms with Gasteiger partial charge in [0.2, 0.25) is 0 Å². The van der Waals surface area contributed by atoms with Crippen molar-refractivity contribution in [2.24, 2.45) is 0 Å². The van der Waals surface area contributed by atoms with Gasteiger partial charge in [0, 0.05) is 16.0 Å². The maximum atomic E-state index is 12.9. The normalized spacial score (nSPS) is 21.3. The lowest BCUT2D eigenvalue weighted by Crippen LogP contribution is -2.44. The minimum Gasteiger partial charge on any atom is -0.493 e. The third-order valence-corrected chi connectivity index (χ3v) is 5.05. The first-order chi connectivity index (χ1) is 14.1. The molecule has 2 aromatic carbocycles. The molecule has 0 spiro atoms. The van der Waals surface area contributed by atoms with Crippen molar-refractivity contribution in [3.63, 3.8) is 0 Å². The number of rotatable bonds is 5. The predicted octanol–water partition coefficient (Wildman–Crippen LogP) is 2.33. The molecule has 0 bridgehead atoms. The Kier molecular flexibility index (Phi) is 5.64. The summed E-state index contributed by atoms with van der Waals surface area (Å²) >= 11 is 5.99. The molecule has 7 nitrogen and oxygen atoms in total. The second-order valence-corrected chi connectivity index (χ2v) is 7.08. The lowest BCUT2D eigenvalue weighted by Gasteiger charge is -2.29. The van der Waals surface area contributed by atoms with E-state index in [0.29, 0.717) is 16.1 Å². The Hall–Kier alpha value is -2.71. The fraction of sp³-hybridized carbons (Fsp3) is 0.238. The third kappa shape index (κ3) is 3.90. The average molecular weight is 415 g/mol. The van der Waals surface area contributed by atoms with Crippen molar-refractivity contribution in [1.29, 1.82) is 0 Å². The minimum absolute atomic E-state index is 0.172. The molecule has 8 heteroatoms. The number of aliphatic hydroxyl groups excluding tert-OH is 2. The topological polar surface area (TPSA) is 93.8 Å². The lowest BCUT2D eigenvalue weighted by atomic mass is 10.1. The molecule has 0 unspecified atom stereocenters. The first-order valence-corrected chi connectivity index (χ1v) is 9.45. The standard InChI is InChI=1S/C21H19ClN2O5/c22-14-7-5-13(6-8-14)19-15-3-1-2-4-16(15)21(27)24(23-19)12-29-17-9-10-28-18(11-25)20(17)26/h1-10,17-18,20,25-26H,11-12H2/t17-,18-,20-/m1/s1. The van der Waals surface area contributed by atoms with Gasteiger partial charge in [0.05, 0.1) is 23.9 Å². The van der Waals surface area contributed by atoms with Crippen LogP contribution in [0.1, 0.15) is 0 Å². The van der Waals surface area contributed by atoms with Crippen LogP contribution in [0.4, 0.5) is 0 Å². The number of hydrogen-bond donors (Lipinski definition) is 2. The van der Waals surface area contributed by atoms with Crippen LogP contribution in [0.3, 0.4) is 0 Å². The van der Waals surface area contributed by atoms with Crippen molar-refractivity contribution in [2.45, 2.75) is 25.0 Å². The van der Waals surface area contributed by atoms with Crippen LogP contribution in [-0.2, 0) is 16.2 Å². The predicted molar refractivity (Wildman–Crippen MR) is 108 cm³/mol. The highest BCUT2D eigenvalue weighted by Gasteiger charge is 2.30. The van der Waals surface area contributed by atoms with E-state index in [-0.39, 0.29) is 18.9 Å². The van der Waals surface area contributed by atoms with Gasteiger partial charge in [-0.2, -0.15) is 5.10 Å². The molecule has 2 heterocycles. The van der Waals surface area contributed by atoms with Gasteiger partial charge < -0.3 is 19.7 Å². The Labute approximate surface area is 171 Å². The summed E-state index contributed by atoms with van der Waals surface area (Å²) < 4.78 is 12.1. The van der Waals surface area contributed by atoms with E-state index < -0.39 is 18.3 Å². The summed E-state index contributed by atoms with van der Waals surface area (Å²) in [7, 11) is 0. The summed E-state index contributed by atoms with van der Waals surface area (Å²) in [6.45, 7) is -0.519. The summed E-state index contributed by atoms with van der Waals surface area (Å²) in [5.41, 5.74) is 1.13. The van der Waals surface area contributed by atoms with Crippen molar-refractivity contribution < 1.29 is 19.7 Å². The summed E-state index contributed by atoms with van der Waals surface area (Å²) in [4.78, 5) is 12.9. The van der Waals surface area contributed by atoms with Crippen LogP contribution >= 0.6 is 11.6 Å². The quantitative estimate of drug-likeness (QED) is 0.665. The number of aliphatic hydroxyl groups is 2. The molecular weight excluding hydrogens is 396 g/mol. The van der Waals surface area contributed by atoms with Gasteiger partial charge in [-0.3, -0.25) is 4.79 Å². The fourth-order valence-corrected chi connectivity index (χ4v) is 3.36. The zero-order valence-electron chi connectivity index (χ0n) is 15.3. The first-order valence-electron chi connectivity index (χ1n) is 9.07. The number of benzene rings is 2. The molecule has 0 saturated heterocycles. The molecule has 1 aromatic heterocycles. The van der Waals surface area contributed by atoms with E-state index >= 15 is 0 Å². The van der Waals surface area contributed by atoms with Crippen LogP contribution in [0.25, 0.3) is 22.0 Å². The van der Waals surface area contributed by atoms with E-state index in [1.165, 1.54) is 17.0 Å². The van der Waals surface area contributed by atoms with E-state index in [2.05, 4.69) is 5.10 Å². The van der Waals surface area contributed by atoms with E-state index in [1.54, 1.807) is 24.3 Å². The van der Waals surface area contributed by atoms with Crippen LogP contribution < -0.4 is 5.56 Å². The molecule has 2 N–H and O–H groups in total. The lowest BCUT2D eigenvalue weighted by molar-refractivity contribution is -0.117. The van der Waals surface area contributed by atoms with Crippen LogP contribution in [0.2, 0.25) is 5.02 Å². The maximum absolute atomic E-state index is 12.9. The second kappa shape index (κ2) is 8.34. The monoisotopic (exact) mass is 414 g/mol. The number of halogens is 1.